The zero-order valence-corrected chi connectivity index (χ0v) is 10.5. The summed E-state index contributed by atoms with van der Waals surface area (Å²) in [4.78, 5) is 4.19. The van der Waals surface area contributed by atoms with Crippen molar-refractivity contribution in [1.29, 1.82) is 0 Å². The highest BCUT2D eigenvalue weighted by atomic mass is 79.9. The lowest BCUT2D eigenvalue weighted by Crippen LogP contribution is -2.05. The fourth-order valence-electron chi connectivity index (χ4n) is 1.01. The summed E-state index contributed by atoms with van der Waals surface area (Å²) in [6.07, 6.45) is 4.90. The normalized spacial score (nSPS) is 10.1. The van der Waals surface area contributed by atoms with E-state index >= 15 is 0 Å². The predicted octanol–water partition coefficient (Wildman–Crippen LogP) is 2.59. The number of hydrogen-bond donors (Lipinski definition) is 2. The molecule has 78 valence electrons. The third-order valence-corrected chi connectivity index (χ3v) is 2.98. The van der Waals surface area contributed by atoms with Gasteiger partial charge < -0.3 is 11.1 Å². The van der Waals surface area contributed by atoms with Crippen LogP contribution in [0.3, 0.4) is 0 Å². The van der Waals surface area contributed by atoms with E-state index in [-0.39, 0.29) is 0 Å². The van der Waals surface area contributed by atoms with Crippen LogP contribution in [-0.2, 0) is 0 Å². The van der Waals surface area contributed by atoms with Gasteiger partial charge in [-0.1, -0.05) is 0 Å². The number of hydrogen-bond acceptors (Lipinski definition) is 4. The van der Waals surface area contributed by atoms with E-state index in [1.807, 2.05) is 17.8 Å². The van der Waals surface area contributed by atoms with Crippen molar-refractivity contribution in [3.8, 4) is 0 Å². The van der Waals surface area contributed by atoms with Crippen molar-refractivity contribution >= 4 is 39.2 Å². The second-order valence-electron chi connectivity index (χ2n) is 2.87. The summed E-state index contributed by atoms with van der Waals surface area (Å²) >= 11 is 5.26. The van der Waals surface area contributed by atoms with Gasteiger partial charge in [0.1, 0.15) is 5.82 Å². The number of rotatable bonds is 5. The first-order chi connectivity index (χ1) is 6.74. The van der Waals surface area contributed by atoms with Gasteiger partial charge >= 0.3 is 0 Å². The molecule has 1 aromatic heterocycles. The molecule has 0 aliphatic heterocycles. The van der Waals surface area contributed by atoms with Gasteiger partial charge in [0.2, 0.25) is 0 Å². The van der Waals surface area contributed by atoms with Gasteiger partial charge in [-0.15, -0.1) is 0 Å². The molecule has 1 rings (SSSR count). The van der Waals surface area contributed by atoms with Crippen LogP contribution in [0.2, 0.25) is 0 Å². The van der Waals surface area contributed by atoms with Crippen molar-refractivity contribution < 1.29 is 0 Å². The quantitative estimate of drug-likeness (QED) is 0.812. The summed E-state index contributed by atoms with van der Waals surface area (Å²) in [7, 11) is 0. The molecule has 0 aliphatic carbocycles. The lowest BCUT2D eigenvalue weighted by atomic mass is 10.4. The van der Waals surface area contributed by atoms with Gasteiger partial charge in [0.15, 0.2) is 0 Å². The summed E-state index contributed by atoms with van der Waals surface area (Å²) in [5.74, 6) is 2.03. The largest absolute Gasteiger partial charge is 0.397 e. The summed E-state index contributed by atoms with van der Waals surface area (Å²) in [6.45, 7) is 0.941. The van der Waals surface area contributed by atoms with Crippen LogP contribution in [0.5, 0.6) is 0 Å². The Kier molecular flexibility index (Phi) is 5.11. The van der Waals surface area contributed by atoms with Crippen molar-refractivity contribution in [3.63, 3.8) is 0 Å². The molecule has 3 N–H and O–H groups in total. The Hall–Kier alpha value is -0.420. The summed E-state index contributed by atoms with van der Waals surface area (Å²) < 4.78 is 0.918. The number of nitrogen functional groups attached to an aromatic ring is 1. The summed E-state index contributed by atoms with van der Waals surface area (Å²) in [6, 6.07) is 1.85. The van der Waals surface area contributed by atoms with Crippen LogP contribution in [-0.4, -0.2) is 23.5 Å². The van der Waals surface area contributed by atoms with Crippen LogP contribution in [0.25, 0.3) is 0 Å². The van der Waals surface area contributed by atoms with Crippen LogP contribution in [0.15, 0.2) is 16.7 Å². The first kappa shape index (κ1) is 11.7. The molecule has 14 heavy (non-hydrogen) atoms. The second kappa shape index (κ2) is 6.14. The molecule has 0 radical (unpaired) electrons. The molecule has 0 aliphatic rings. The predicted molar refractivity (Wildman–Crippen MR) is 67.8 cm³/mol. The molecule has 0 atom stereocenters. The topological polar surface area (TPSA) is 50.9 Å². The van der Waals surface area contributed by atoms with E-state index in [1.54, 1.807) is 6.20 Å². The Labute approximate surface area is 97.0 Å². The minimum atomic E-state index is 0.673. The maximum absolute atomic E-state index is 5.58. The molecular weight excluding hydrogens is 262 g/mol. The molecular formula is C9H14BrN3S. The molecule has 0 bridgehead atoms. The lowest BCUT2D eigenvalue weighted by molar-refractivity contribution is 0.980. The highest BCUT2D eigenvalue weighted by Gasteiger charge is 2.00. The van der Waals surface area contributed by atoms with E-state index in [1.165, 1.54) is 5.75 Å². The molecule has 1 aromatic rings. The minimum absolute atomic E-state index is 0.673. The molecule has 0 saturated heterocycles. The monoisotopic (exact) mass is 275 g/mol. The molecule has 0 fully saturated rings. The Morgan fingerprint density at radius 2 is 2.43 bits per heavy atom. The van der Waals surface area contributed by atoms with Crippen molar-refractivity contribution in [3.05, 3.63) is 16.7 Å². The average Bonchev–Trinajstić information content (AvgIpc) is 2.15. The molecule has 5 heteroatoms. The van der Waals surface area contributed by atoms with E-state index in [2.05, 4.69) is 32.5 Å². The number of thioether (sulfide) groups is 1. The van der Waals surface area contributed by atoms with Crippen LogP contribution < -0.4 is 11.1 Å². The number of nitrogens with two attached hydrogens (primary N) is 1. The van der Waals surface area contributed by atoms with Crippen LogP contribution in [0.4, 0.5) is 11.5 Å². The number of nitrogens with one attached hydrogen (secondary N) is 1. The van der Waals surface area contributed by atoms with E-state index in [9.17, 15) is 0 Å². The molecule has 0 saturated carbocycles. The van der Waals surface area contributed by atoms with Gasteiger partial charge in [0.25, 0.3) is 0 Å². The first-order valence-corrected chi connectivity index (χ1v) is 6.56. The number of halogens is 1. The highest BCUT2D eigenvalue weighted by molar-refractivity contribution is 9.10. The van der Waals surface area contributed by atoms with Crippen molar-refractivity contribution in [2.24, 2.45) is 0 Å². The Morgan fingerprint density at radius 3 is 3.07 bits per heavy atom. The molecule has 0 spiro atoms. The SMILES string of the molecule is CSCCCNc1ncc(N)cc1Br. The fraction of sp³-hybridized carbons (Fsp3) is 0.444. The maximum Gasteiger partial charge on any atom is 0.140 e. The van der Waals surface area contributed by atoms with Gasteiger partial charge in [-0.25, -0.2) is 4.98 Å². The lowest BCUT2D eigenvalue weighted by Gasteiger charge is -2.07. The number of nitrogens with zero attached hydrogens (tertiary/aromatic N) is 1. The van der Waals surface area contributed by atoms with Crippen molar-refractivity contribution in [2.75, 3.05) is 29.6 Å². The second-order valence-corrected chi connectivity index (χ2v) is 4.71. The average molecular weight is 276 g/mol. The van der Waals surface area contributed by atoms with Crippen LogP contribution in [0, 0.1) is 0 Å². The maximum atomic E-state index is 5.58. The van der Waals surface area contributed by atoms with E-state index < -0.39 is 0 Å². The van der Waals surface area contributed by atoms with E-state index in [4.69, 9.17) is 5.73 Å². The Balaban J connectivity index is 2.42. The van der Waals surface area contributed by atoms with Gasteiger partial charge in [-0.3, -0.25) is 0 Å². The minimum Gasteiger partial charge on any atom is -0.397 e. The molecule has 0 unspecified atom stereocenters. The Bertz CT molecular complexity index is 293. The Morgan fingerprint density at radius 1 is 1.64 bits per heavy atom. The van der Waals surface area contributed by atoms with Crippen LogP contribution >= 0.6 is 27.7 Å². The molecule has 0 amide bonds. The van der Waals surface area contributed by atoms with E-state index in [0.29, 0.717) is 5.69 Å². The molecule has 1 heterocycles. The zero-order valence-electron chi connectivity index (χ0n) is 8.09. The van der Waals surface area contributed by atoms with Crippen molar-refractivity contribution in [2.45, 2.75) is 6.42 Å². The zero-order chi connectivity index (χ0) is 10.4. The van der Waals surface area contributed by atoms with Gasteiger partial charge in [-0.05, 0) is 40.4 Å². The summed E-state index contributed by atoms with van der Waals surface area (Å²) in [5.41, 5.74) is 6.25. The third-order valence-electron chi connectivity index (χ3n) is 1.68. The molecule has 3 nitrogen and oxygen atoms in total. The number of pyridine rings is 1. The fourth-order valence-corrected chi connectivity index (χ4v) is 1.95. The van der Waals surface area contributed by atoms with Gasteiger partial charge in [-0.2, -0.15) is 11.8 Å². The summed E-state index contributed by atoms with van der Waals surface area (Å²) in [5, 5.41) is 3.25. The first-order valence-electron chi connectivity index (χ1n) is 4.38. The van der Waals surface area contributed by atoms with Crippen LogP contribution in [0.1, 0.15) is 6.42 Å². The van der Waals surface area contributed by atoms with Gasteiger partial charge in [0, 0.05) is 6.54 Å². The van der Waals surface area contributed by atoms with Crippen molar-refractivity contribution in [1.82, 2.24) is 4.98 Å². The number of anilines is 2. The van der Waals surface area contributed by atoms with E-state index in [0.717, 1.165) is 23.3 Å². The highest BCUT2D eigenvalue weighted by Crippen LogP contribution is 2.21. The third kappa shape index (κ3) is 3.75. The smallest absolute Gasteiger partial charge is 0.140 e. The standard InChI is InChI=1S/C9H14BrN3S/c1-14-4-2-3-12-9-8(10)5-7(11)6-13-9/h5-6H,2-4,11H2,1H3,(H,12,13). The molecule has 0 aromatic carbocycles. The number of aromatic nitrogens is 1. The van der Waals surface area contributed by atoms with Gasteiger partial charge in [0.05, 0.1) is 16.4 Å².